The molecule has 2 heteroatoms. The lowest BCUT2D eigenvalue weighted by molar-refractivity contribution is 0.989. The first-order chi connectivity index (χ1) is 11.3. The van der Waals surface area contributed by atoms with Gasteiger partial charge >= 0.3 is 0 Å². The van der Waals surface area contributed by atoms with Crippen molar-refractivity contribution < 1.29 is 0 Å². The van der Waals surface area contributed by atoms with Crippen molar-refractivity contribution in [3.63, 3.8) is 0 Å². The van der Waals surface area contributed by atoms with Gasteiger partial charge in [-0.05, 0) is 35.4 Å². The third kappa shape index (κ3) is 4.57. The molecule has 3 rings (SSSR count). The lowest BCUT2D eigenvalue weighted by atomic mass is 10.0. The van der Waals surface area contributed by atoms with Crippen molar-refractivity contribution >= 4 is 27.7 Å². The highest BCUT2D eigenvalue weighted by Crippen LogP contribution is 2.23. The molecule has 0 bridgehead atoms. The van der Waals surface area contributed by atoms with E-state index < -0.39 is 0 Å². The number of rotatable bonds is 5. The summed E-state index contributed by atoms with van der Waals surface area (Å²) in [4.78, 5) is 0. The summed E-state index contributed by atoms with van der Waals surface area (Å²) in [6, 6.07) is 29.2. The van der Waals surface area contributed by atoms with Gasteiger partial charge in [0.1, 0.15) is 0 Å². The summed E-state index contributed by atoms with van der Waals surface area (Å²) < 4.78 is 1.08. The first kappa shape index (κ1) is 15.6. The zero-order valence-electron chi connectivity index (χ0n) is 12.7. The molecule has 0 saturated heterocycles. The minimum absolute atomic E-state index is 0.123. The van der Waals surface area contributed by atoms with Gasteiger partial charge < -0.3 is 5.32 Å². The predicted molar refractivity (Wildman–Crippen MR) is 102 cm³/mol. The van der Waals surface area contributed by atoms with E-state index in [9.17, 15) is 0 Å². The number of hydrogen-bond acceptors (Lipinski definition) is 1. The second-order valence-corrected chi connectivity index (χ2v) is 6.23. The molecule has 0 spiro atoms. The Bertz CT molecular complexity index is 749. The van der Waals surface area contributed by atoms with E-state index >= 15 is 0 Å². The summed E-state index contributed by atoms with van der Waals surface area (Å²) >= 11 is 3.48. The zero-order valence-corrected chi connectivity index (χ0v) is 14.3. The number of nitrogens with one attached hydrogen (secondary N) is 1. The molecule has 1 nitrogen and oxygen atoms in total. The Balaban J connectivity index is 1.85. The average Bonchev–Trinajstić information content (AvgIpc) is 2.62. The summed E-state index contributed by atoms with van der Waals surface area (Å²) in [6.07, 6.45) is 4.36. The molecule has 0 aliphatic rings. The van der Waals surface area contributed by atoms with Crippen LogP contribution < -0.4 is 5.32 Å². The fraction of sp³-hybridized carbons (Fsp3) is 0.0476. The minimum Gasteiger partial charge on any atom is -0.375 e. The Morgan fingerprint density at radius 2 is 1.35 bits per heavy atom. The van der Waals surface area contributed by atoms with E-state index in [2.05, 4.69) is 94.1 Å². The van der Waals surface area contributed by atoms with Gasteiger partial charge in [0.2, 0.25) is 0 Å². The Morgan fingerprint density at radius 3 is 2.00 bits per heavy atom. The number of halogens is 1. The smallest absolute Gasteiger partial charge is 0.0701 e. The van der Waals surface area contributed by atoms with Crippen molar-refractivity contribution in [3.8, 4) is 0 Å². The van der Waals surface area contributed by atoms with Crippen LogP contribution in [0.15, 0.2) is 95.5 Å². The van der Waals surface area contributed by atoms with Crippen LogP contribution in [-0.4, -0.2) is 0 Å². The van der Waals surface area contributed by atoms with Gasteiger partial charge in [-0.15, -0.1) is 0 Å². The van der Waals surface area contributed by atoms with E-state index in [0.29, 0.717) is 0 Å². The normalized spacial score (nSPS) is 12.2. The van der Waals surface area contributed by atoms with Crippen LogP contribution in [0.5, 0.6) is 0 Å². The molecule has 114 valence electrons. The van der Waals surface area contributed by atoms with Crippen LogP contribution in [0.2, 0.25) is 0 Å². The van der Waals surface area contributed by atoms with Crippen LogP contribution in [-0.2, 0) is 0 Å². The molecular formula is C21H18BrN. The molecule has 0 fully saturated rings. The molecule has 1 unspecified atom stereocenters. The van der Waals surface area contributed by atoms with Crippen molar-refractivity contribution in [2.75, 3.05) is 5.32 Å². The standard InChI is InChI=1S/C21H18BrN/c22-19-12-14-20(15-13-19)23-21(18-9-5-2-6-10-18)16-11-17-7-3-1-4-8-17/h1-16,21,23H/b16-11+. The molecule has 0 heterocycles. The van der Waals surface area contributed by atoms with Crippen LogP contribution in [0.25, 0.3) is 6.08 Å². The van der Waals surface area contributed by atoms with Crippen LogP contribution in [0, 0.1) is 0 Å². The van der Waals surface area contributed by atoms with Gasteiger partial charge in [-0.25, -0.2) is 0 Å². The Hall–Kier alpha value is -2.32. The first-order valence-corrected chi connectivity index (χ1v) is 8.41. The average molecular weight is 364 g/mol. The molecule has 23 heavy (non-hydrogen) atoms. The Kier molecular flexibility index (Phi) is 5.28. The highest BCUT2D eigenvalue weighted by Gasteiger charge is 2.07. The zero-order chi connectivity index (χ0) is 15.9. The van der Waals surface area contributed by atoms with Gasteiger partial charge in [0.15, 0.2) is 0 Å². The van der Waals surface area contributed by atoms with Crippen LogP contribution in [0.4, 0.5) is 5.69 Å². The van der Waals surface area contributed by atoms with Crippen molar-refractivity contribution in [2.45, 2.75) is 6.04 Å². The molecule has 0 aliphatic carbocycles. The van der Waals surface area contributed by atoms with Crippen molar-refractivity contribution in [1.29, 1.82) is 0 Å². The van der Waals surface area contributed by atoms with E-state index in [1.807, 2.05) is 24.3 Å². The van der Waals surface area contributed by atoms with Gasteiger partial charge in [0.25, 0.3) is 0 Å². The third-order valence-corrected chi connectivity index (χ3v) is 4.13. The highest BCUT2D eigenvalue weighted by atomic mass is 79.9. The summed E-state index contributed by atoms with van der Waals surface area (Å²) in [5.74, 6) is 0. The summed E-state index contributed by atoms with van der Waals surface area (Å²) in [5.41, 5.74) is 3.54. The van der Waals surface area contributed by atoms with Gasteiger partial charge in [-0.2, -0.15) is 0 Å². The third-order valence-electron chi connectivity index (χ3n) is 3.61. The number of benzene rings is 3. The molecule has 0 radical (unpaired) electrons. The number of hydrogen-bond donors (Lipinski definition) is 1. The summed E-state index contributed by atoms with van der Waals surface area (Å²) in [5, 5.41) is 3.59. The van der Waals surface area contributed by atoms with Crippen LogP contribution in [0.3, 0.4) is 0 Å². The molecule has 3 aromatic rings. The maximum atomic E-state index is 3.59. The molecule has 0 aliphatic heterocycles. The predicted octanol–water partition coefficient (Wildman–Crippen LogP) is 6.32. The second kappa shape index (κ2) is 7.80. The Labute approximate surface area is 145 Å². The lowest BCUT2D eigenvalue weighted by Gasteiger charge is -2.17. The van der Waals surface area contributed by atoms with E-state index in [1.165, 1.54) is 11.1 Å². The van der Waals surface area contributed by atoms with E-state index in [0.717, 1.165) is 10.2 Å². The topological polar surface area (TPSA) is 12.0 Å². The largest absolute Gasteiger partial charge is 0.375 e. The first-order valence-electron chi connectivity index (χ1n) is 7.61. The number of anilines is 1. The fourth-order valence-electron chi connectivity index (χ4n) is 2.40. The quantitative estimate of drug-likeness (QED) is 0.559. The lowest BCUT2D eigenvalue weighted by Crippen LogP contribution is -2.07. The second-order valence-electron chi connectivity index (χ2n) is 5.31. The molecule has 3 aromatic carbocycles. The fourth-order valence-corrected chi connectivity index (χ4v) is 2.66. The van der Waals surface area contributed by atoms with E-state index in [4.69, 9.17) is 0 Å². The van der Waals surface area contributed by atoms with Crippen LogP contribution >= 0.6 is 15.9 Å². The summed E-state index contributed by atoms with van der Waals surface area (Å²) in [7, 11) is 0. The van der Waals surface area contributed by atoms with Crippen molar-refractivity contribution in [3.05, 3.63) is 107 Å². The van der Waals surface area contributed by atoms with E-state index in [1.54, 1.807) is 0 Å². The Morgan fingerprint density at radius 1 is 0.739 bits per heavy atom. The molecule has 1 N–H and O–H groups in total. The summed E-state index contributed by atoms with van der Waals surface area (Å²) in [6.45, 7) is 0. The minimum atomic E-state index is 0.123. The molecule has 1 atom stereocenters. The van der Waals surface area contributed by atoms with E-state index in [-0.39, 0.29) is 6.04 Å². The van der Waals surface area contributed by atoms with Gasteiger partial charge in [-0.3, -0.25) is 0 Å². The van der Waals surface area contributed by atoms with Crippen LogP contribution in [0.1, 0.15) is 17.2 Å². The molecule has 0 saturated carbocycles. The molecule has 0 aromatic heterocycles. The maximum Gasteiger partial charge on any atom is 0.0701 e. The molecular weight excluding hydrogens is 346 g/mol. The van der Waals surface area contributed by atoms with Crippen molar-refractivity contribution in [2.24, 2.45) is 0 Å². The van der Waals surface area contributed by atoms with Gasteiger partial charge in [0.05, 0.1) is 6.04 Å². The van der Waals surface area contributed by atoms with Gasteiger partial charge in [-0.1, -0.05) is 88.7 Å². The molecule has 0 amide bonds. The monoisotopic (exact) mass is 363 g/mol. The van der Waals surface area contributed by atoms with Gasteiger partial charge in [0, 0.05) is 10.2 Å². The highest BCUT2D eigenvalue weighted by molar-refractivity contribution is 9.10. The SMILES string of the molecule is Brc1ccc(NC(/C=C/c2ccccc2)c2ccccc2)cc1. The van der Waals surface area contributed by atoms with Crippen molar-refractivity contribution in [1.82, 2.24) is 0 Å². The maximum absolute atomic E-state index is 3.59.